The highest BCUT2D eigenvalue weighted by Gasteiger charge is 2.03. The van der Waals surface area contributed by atoms with Gasteiger partial charge in [-0.2, -0.15) is 0 Å². The highest BCUT2D eigenvalue weighted by atomic mass is 15.1. The second-order valence-corrected chi connectivity index (χ2v) is 7.84. The SMILES string of the molecule is CCCCCCCCCCCCCCC[n+]1ccn(CCCCC)c1. The van der Waals surface area contributed by atoms with Gasteiger partial charge in [-0.25, -0.2) is 9.13 Å². The molecule has 0 N–H and O–H groups in total. The van der Waals surface area contributed by atoms with Crippen molar-refractivity contribution in [2.75, 3.05) is 0 Å². The molecule has 146 valence electrons. The average Bonchev–Trinajstić information content (AvgIpc) is 3.07. The maximum Gasteiger partial charge on any atom is 0.243 e. The topological polar surface area (TPSA) is 8.81 Å². The van der Waals surface area contributed by atoms with Crippen molar-refractivity contribution in [3.63, 3.8) is 0 Å². The molecule has 0 aliphatic rings. The molecule has 1 rings (SSSR count). The van der Waals surface area contributed by atoms with Crippen LogP contribution >= 0.6 is 0 Å². The summed E-state index contributed by atoms with van der Waals surface area (Å²) in [6, 6.07) is 0. The molecule has 0 aromatic carbocycles. The fourth-order valence-electron chi connectivity index (χ4n) is 3.56. The molecule has 1 heterocycles. The van der Waals surface area contributed by atoms with Crippen molar-refractivity contribution in [3.05, 3.63) is 18.7 Å². The Bertz CT molecular complexity index is 383. The zero-order chi connectivity index (χ0) is 18.0. The van der Waals surface area contributed by atoms with E-state index in [9.17, 15) is 0 Å². The largest absolute Gasteiger partial charge is 0.243 e. The lowest BCUT2D eigenvalue weighted by Gasteiger charge is -2.02. The summed E-state index contributed by atoms with van der Waals surface area (Å²) in [5, 5.41) is 0. The van der Waals surface area contributed by atoms with Gasteiger partial charge >= 0.3 is 0 Å². The molecule has 2 heteroatoms. The van der Waals surface area contributed by atoms with Gasteiger partial charge in [-0.05, 0) is 25.7 Å². The maximum absolute atomic E-state index is 2.37. The van der Waals surface area contributed by atoms with Crippen LogP contribution in [0.5, 0.6) is 0 Å². The number of hydrogen-bond donors (Lipinski definition) is 0. The standard InChI is InChI=1S/C23H45N2/c1-3-5-7-8-9-10-11-12-13-14-15-16-18-20-25-22-21-24(23-25)19-17-6-4-2/h21-23H,3-20H2,1-2H3/q+1. The highest BCUT2D eigenvalue weighted by Crippen LogP contribution is 2.12. The van der Waals surface area contributed by atoms with Crippen LogP contribution in [0.15, 0.2) is 18.7 Å². The van der Waals surface area contributed by atoms with Gasteiger partial charge in [0.1, 0.15) is 12.4 Å². The molecule has 0 amide bonds. The first-order chi connectivity index (χ1) is 12.4. The summed E-state index contributed by atoms with van der Waals surface area (Å²) in [5.41, 5.74) is 0. The summed E-state index contributed by atoms with van der Waals surface area (Å²) >= 11 is 0. The van der Waals surface area contributed by atoms with Crippen LogP contribution in [0.2, 0.25) is 0 Å². The lowest BCUT2D eigenvalue weighted by Crippen LogP contribution is -2.30. The normalized spacial score (nSPS) is 11.3. The average molecular weight is 350 g/mol. The highest BCUT2D eigenvalue weighted by molar-refractivity contribution is 4.66. The van der Waals surface area contributed by atoms with Gasteiger partial charge in [0.2, 0.25) is 6.33 Å². The van der Waals surface area contributed by atoms with Crippen molar-refractivity contribution in [1.82, 2.24) is 4.57 Å². The molecule has 0 saturated heterocycles. The van der Waals surface area contributed by atoms with Gasteiger partial charge in [-0.1, -0.05) is 90.9 Å². The van der Waals surface area contributed by atoms with Gasteiger partial charge in [0, 0.05) is 0 Å². The fourth-order valence-corrected chi connectivity index (χ4v) is 3.56. The van der Waals surface area contributed by atoms with E-state index in [0.29, 0.717) is 0 Å². The Labute approximate surface area is 158 Å². The molecule has 0 saturated carbocycles. The van der Waals surface area contributed by atoms with Crippen LogP contribution in [-0.2, 0) is 13.1 Å². The number of aromatic nitrogens is 2. The molecule has 0 bridgehead atoms. The van der Waals surface area contributed by atoms with Crippen molar-refractivity contribution < 1.29 is 4.57 Å². The van der Waals surface area contributed by atoms with Crippen LogP contribution in [0.3, 0.4) is 0 Å². The van der Waals surface area contributed by atoms with Gasteiger partial charge in [0.05, 0.1) is 13.1 Å². The van der Waals surface area contributed by atoms with Crippen molar-refractivity contribution in [2.24, 2.45) is 0 Å². The quantitative estimate of drug-likeness (QED) is 0.198. The third-order valence-electron chi connectivity index (χ3n) is 5.29. The molecule has 0 aliphatic carbocycles. The minimum Gasteiger partial charge on any atom is -0.237 e. The maximum atomic E-state index is 2.37. The van der Waals surface area contributed by atoms with Gasteiger partial charge in [0.15, 0.2) is 0 Å². The monoisotopic (exact) mass is 349 g/mol. The van der Waals surface area contributed by atoms with Crippen LogP contribution in [0, 0.1) is 0 Å². The molecule has 25 heavy (non-hydrogen) atoms. The van der Waals surface area contributed by atoms with Crippen LogP contribution in [0.1, 0.15) is 117 Å². The molecule has 0 atom stereocenters. The lowest BCUT2D eigenvalue weighted by molar-refractivity contribution is -0.696. The van der Waals surface area contributed by atoms with Crippen LogP contribution < -0.4 is 4.57 Å². The van der Waals surface area contributed by atoms with Crippen LogP contribution in [-0.4, -0.2) is 4.57 Å². The molecule has 1 aromatic heterocycles. The summed E-state index contributed by atoms with van der Waals surface area (Å²) in [5.74, 6) is 0. The molecule has 0 radical (unpaired) electrons. The van der Waals surface area contributed by atoms with E-state index in [1.807, 2.05) is 0 Å². The van der Waals surface area contributed by atoms with E-state index in [1.165, 1.54) is 116 Å². The number of rotatable bonds is 18. The summed E-state index contributed by atoms with van der Waals surface area (Å²) in [6.45, 7) is 6.94. The number of nitrogens with zero attached hydrogens (tertiary/aromatic N) is 2. The molecular weight excluding hydrogens is 304 g/mol. The predicted molar refractivity (Wildman–Crippen MR) is 110 cm³/mol. The van der Waals surface area contributed by atoms with Gasteiger partial charge < -0.3 is 0 Å². The summed E-state index contributed by atoms with van der Waals surface area (Å²) in [6.07, 6.45) is 29.4. The van der Waals surface area contributed by atoms with E-state index in [4.69, 9.17) is 0 Å². The second-order valence-electron chi connectivity index (χ2n) is 7.84. The zero-order valence-electron chi connectivity index (χ0n) is 17.4. The summed E-state index contributed by atoms with van der Waals surface area (Å²) in [7, 11) is 0. The summed E-state index contributed by atoms with van der Waals surface area (Å²) < 4.78 is 4.71. The van der Waals surface area contributed by atoms with E-state index in [2.05, 4.69) is 41.7 Å². The summed E-state index contributed by atoms with van der Waals surface area (Å²) in [4.78, 5) is 0. The predicted octanol–water partition coefficient (Wildman–Crippen LogP) is 7.06. The molecule has 0 fully saturated rings. The van der Waals surface area contributed by atoms with Crippen molar-refractivity contribution in [2.45, 2.75) is 130 Å². The smallest absolute Gasteiger partial charge is 0.237 e. The van der Waals surface area contributed by atoms with Crippen molar-refractivity contribution >= 4 is 0 Å². The van der Waals surface area contributed by atoms with Gasteiger partial charge in [-0.15, -0.1) is 0 Å². The van der Waals surface area contributed by atoms with Gasteiger partial charge in [0.25, 0.3) is 0 Å². The Morgan fingerprint density at radius 2 is 1.08 bits per heavy atom. The van der Waals surface area contributed by atoms with Crippen LogP contribution in [0.25, 0.3) is 0 Å². The molecular formula is C23H45N2+. The Kier molecular flexibility index (Phi) is 14.8. The Morgan fingerprint density at radius 3 is 1.64 bits per heavy atom. The third-order valence-corrected chi connectivity index (χ3v) is 5.29. The van der Waals surface area contributed by atoms with E-state index in [-0.39, 0.29) is 0 Å². The first-order valence-corrected chi connectivity index (χ1v) is 11.4. The van der Waals surface area contributed by atoms with Crippen molar-refractivity contribution in [3.8, 4) is 0 Å². The van der Waals surface area contributed by atoms with E-state index < -0.39 is 0 Å². The first-order valence-electron chi connectivity index (χ1n) is 11.4. The Morgan fingerprint density at radius 1 is 0.600 bits per heavy atom. The number of aryl methyl sites for hydroxylation is 2. The van der Waals surface area contributed by atoms with Crippen LogP contribution in [0.4, 0.5) is 0 Å². The molecule has 0 unspecified atom stereocenters. The molecule has 1 aromatic rings. The van der Waals surface area contributed by atoms with E-state index >= 15 is 0 Å². The number of unbranched alkanes of at least 4 members (excludes halogenated alkanes) is 14. The second kappa shape index (κ2) is 16.7. The van der Waals surface area contributed by atoms with Gasteiger partial charge in [-0.3, -0.25) is 0 Å². The lowest BCUT2D eigenvalue weighted by atomic mass is 10.0. The molecule has 0 aliphatic heterocycles. The Hall–Kier alpha value is -0.790. The zero-order valence-corrected chi connectivity index (χ0v) is 17.4. The molecule has 0 spiro atoms. The Balaban J connectivity index is 1.84. The number of hydrogen-bond acceptors (Lipinski definition) is 0. The minimum atomic E-state index is 1.18. The minimum absolute atomic E-state index is 1.18. The fraction of sp³-hybridized carbons (Fsp3) is 0.870. The number of imidazole rings is 1. The van der Waals surface area contributed by atoms with E-state index in [0.717, 1.165) is 0 Å². The van der Waals surface area contributed by atoms with Crippen molar-refractivity contribution in [1.29, 1.82) is 0 Å². The van der Waals surface area contributed by atoms with E-state index in [1.54, 1.807) is 0 Å². The third kappa shape index (κ3) is 13.1. The molecule has 2 nitrogen and oxygen atoms in total. The first kappa shape index (κ1) is 22.3.